The molecule has 3 heterocycles. The lowest BCUT2D eigenvalue weighted by Gasteiger charge is -2.64. The number of aromatic nitrogens is 1. The quantitative estimate of drug-likeness (QED) is 0.521. The molecule has 3 aliphatic carbocycles. The van der Waals surface area contributed by atoms with Gasteiger partial charge in [-0.2, -0.15) is 0 Å². The number of likely N-dealkylation sites (tertiary alicyclic amines) is 1. The predicted octanol–water partition coefficient (Wildman–Crippen LogP) is 2.43. The zero-order chi connectivity index (χ0) is 22.4. The van der Waals surface area contributed by atoms with Gasteiger partial charge in [0.05, 0.1) is 23.5 Å². The molecular formula is C26H32ClN3O4. The third-order valence-electron chi connectivity index (χ3n) is 9.14. The van der Waals surface area contributed by atoms with Crippen LogP contribution in [0.15, 0.2) is 30.6 Å². The van der Waals surface area contributed by atoms with E-state index in [1.54, 1.807) is 6.07 Å². The standard InChI is InChI=1S/C26H31N3O4.ClH/c30-19-4-3-17-12-20-26(32)7-5-18(28-21(31)11-16-6-9-27-13-16)24-25(26,22(17)23(19)33-24)8-10-29(20)14-15-1-2-15;/h3-4,6,9,13,15,18,20,24,27,30,32H,1-2,5,7-8,10-12,14H2,(H,28,31);1H/t18-,20+,24-,25-,26+;/m0./s1. The number of phenols is 1. The maximum Gasteiger partial charge on any atom is 0.224 e. The van der Waals surface area contributed by atoms with Crippen molar-refractivity contribution in [1.82, 2.24) is 15.2 Å². The first-order valence-corrected chi connectivity index (χ1v) is 12.4. The Morgan fingerprint density at radius 2 is 2.09 bits per heavy atom. The van der Waals surface area contributed by atoms with Gasteiger partial charge in [-0.05, 0) is 74.2 Å². The van der Waals surface area contributed by atoms with Crippen LogP contribution in [0.1, 0.15) is 48.8 Å². The Kier molecular flexibility index (Phi) is 5.00. The Morgan fingerprint density at radius 1 is 1.24 bits per heavy atom. The van der Waals surface area contributed by atoms with Gasteiger partial charge in [0.25, 0.3) is 0 Å². The summed E-state index contributed by atoms with van der Waals surface area (Å²) in [6.45, 7) is 1.98. The first-order chi connectivity index (χ1) is 16.0. The predicted molar refractivity (Wildman–Crippen MR) is 128 cm³/mol. The monoisotopic (exact) mass is 485 g/mol. The molecule has 3 fully saturated rings. The number of carbonyl (C=O) groups is 1. The van der Waals surface area contributed by atoms with Crippen molar-refractivity contribution in [3.8, 4) is 11.5 Å². The van der Waals surface area contributed by atoms with Gasteiger partial charge in [0.2, 0.25) is 5.91 Å². The van der Waals surface area contributed by atoms with Crippen LogP contribution in [0.4, 0.5) is 0 Å². The number of halogens is 1. The highest BCUT2D eigenvalue weighted by molar-refractivity contribution is 5.85. The van der Waals surface area contributed by atoms with Gasteiger partial charge in [0, 0.05) is 30.5 Å². The maximum atomic E-state index is 12.9. The van der Waals surface area contributed by atoms with Crippen LogP contribution in [-0.2, 0) is 23.1 Å². The van der Waals surface area contributed by atoms with Gasteiger partial charge < -0.3 is 25.3 Å². The molecule has 2 aliphatic heterocycles. The van der Waals surface area contributed by atoms with Gasteiger partial charge in [-0.15, -0.1) is 12.4 Å². The van der Waals surface area contributed by atoms with E-state index >= 15 is 0 Å². The Morgan fingerprint density at radius 3 is 2.85 bits per heavy atom. The van der Waals surface area contributed by atoms with E-state index in [0.29, 0.717) is 25.0 Å². The van der Waals surface area contributed by atoms with E-state index in [0.717, 1.165) is 43.0 Å². The van der Waals surface area contributed by atoms with Crippen LogP contribution in [0.3, 0.4) is 0 Å². The molecule has 2 saturated carbocycles. The number of amides is 1. The van der Waals surface area contributed by atoms with E-state index in [-0.39, 0.29) is 42.3 Å². The summed E-state index contributed by atoms with van der Waals surface area (Å²) in [7, 11) is 0. The number of rotatable bonds is 5. The molecule has 0 unspecified atom stereocenters. The minimum absolute atomic E-state index is 0. The average molecular weight is 486 g/mol. The fourth-order valence-electron chi connectivity index (χ4n) is 7.54. The van der Waals surface area contributed by atoms with Crippen molar-refractivity contribution in [3.05, 3.63) is 47.3 Å². The fraction of sp³-hybridized carbons (Fsp3) is 0.577. The average Bonchev–Trinajstić information content (AvgIpc) is 3.31. The number of nitrogens with zero attached hydrogens (tertiary/aromatic N) is 1. The summed E-state index contributed by atoms with van der Waals surface area (Å²) in [5, 5.41) is 26.4. The van der Waals surface area contributed by atoms with Gasteiger partial charge in [-0.3, -0.25) is 9.69 Å². The Hall–Kier alpha value is -2.22. The molecule has 34 heavy (non-hydrogen) atoms. The molecule has 1 saturated heterocycles. The normalized spacial score (nSPS) is 35.1. The molecule has 4 N–H and O–H groups in total. The summed E-state index contributed by atoms with van der Waals surface area (Å²) >= 11 is 0. The summed E-state index contributed by atoms with van der Waals surface area (Å²) in [5.41, 5.74) is 1.61. The molecule has 1 amide bonds. The third kappa shape index (κ3) is 2.93. The second-order valence-corrected chi connectivity index (χ2v) is 10.9. The molecule has 5 atom stereocenters. The highest BCUT2D eigenvalue weighted by Crippen LogP contribution is 2.65. The minimum atomic E-state index is -0.918. The molecule has 5 aliphatic rings. The molecule has 2 aromatic rings. The number of hydrogen-bond donors (Lipinski definition) is 4. The van der Waals surface area contributed by atoms with Crippen LogP contribution in [0.25, 0.3) is 0 Å². The molecule has 7 rings (SSSR count). The number of carbonyl (C=O) groups excluding carboxylic acids is 1. The number of nitrogens with one attached hydrogen (secondary N) is 2. The summed E-state index contributed by atoms with van der Waals surface area (Å²) in [6.07, 6.45) is 9.04. The molecule has 8 heteroatoms. The Bertz CT molecular complexity index is 1120. The minimum Gasteiger partial charge on any atom is -0.504 e. The summed E-state index contributed by atoms with van der Waals surface area (Å²) in [4.78, 5) is 18.4. The molecule has 0 radical (unpaired) electrons. The number of phenolic OH excluding ortho intramolecular Hbond substituents is 1. The van der Waals surface area contributed by atoms with Crippen molar-refractivity contribution < 1.29 is 19.7 Å². The van der Waals surface area contributed by atoms with Crippen molar-refractivity contribution in [2.24, 2.45) is 5.92 Å². The number of benzene rings is 1. The molecule has 7 nitrogen and oxygen atoms in total. The number of aromatic hydroxyl groups is 1. The van der Waals surface area contributed by atoms with Crippen LogP contribution in [0.2, 0.25) is 0 Å². The van der Waals surface area contributed by atoms with E-state index in [2.05, 4.69) is 15.2 Å². The first kappa shape index (κ1) is 22.3. The van der Waals surface area contributed by atoms with Crippen LogP contribution < -0.4 is 10.1 Å². The molecule has 1 aromatic heterocycles. The number of piperidine rings is 1. The summed E-state index contributed by atoms with van der Waals surface area (Å²) in [6, 6.07) is 5.50. The molecular weight excluding hydrogens is 454 g/mol. The van der Waals surface area contributed by atoms with Crippen molar-refractivity contribution in [1.29, 1.82) is 0 Å². The summed E-state index contributed by atoms with van der Waals surface area (Å²) in [5.74, 6) is 1.39. The Labute approximate surface area is 205 Å². The lowest BCUT2D eigenvalue weighted by atomic mass is 9.48. The largest absolute Gasteiger partial charge is 0.504 e. The number of H-pyrrole nitrogens is 1. The number of ether oxygens (including phenoxy) is 1. The number of hydrogen-bond acceptors (Lipinski definition) is 5. The van der Waals surface area contributed by atoms with Crippen molar-refractivity contribution >= 4 is 18.3 Å². The molecule has 182 valence electrons. The van der Waals surface area contributed by atoms with Crippen LogP contribution >= 0.6 is 12.4 Å². The van der Waals surface area contributed by atoms with Crippen LogP contribution in [-0.4, -0.2) is 62.9 Å². The first-order valence-electron chi connectivity index (χ1n) is 12.4. The van der Waals surface area contributed by atoms with Crippen LogP contribution in [0, 0.1) is 5.92 Å². The Balaban J connectivity index is 0.00000217. The third-order valence-corrected chi connectivity index (χ3v) is 9.14. The smallest absolute Gasteiger partial charge is 0.224 e. The molecule has 1 spiro atoms. The van der Waals surface area contributed by atoms with E-state index in [1.165, 1.54) is 18.4 Å². The van der Waals surface area contributed by atoms with E-state index in [1.807, 2.05) is 24.5 Å². The maximum absolute atomic E-state index is 12.9. The van der Waals surface area contributed by atoms with Crippen LogP contribution in [0.5, 0.6) is 11.5 Å². The highest BCUT2D eigenvalue weighted by atomic mass is 35.5. The second kappa shape index (κ2) is 7.64. The topological polar surface area (TPSA) is 97.8 Å². The fourth-order valence-corrected chi connectivity index (χ4v) is 7.54. The second-order valence-electron chi connectivity index (χ2n) is 10.9. The van der Waals surface area contributed by atoms with Gasteiger partial charge in [-0.1, -0.05) is 6.07 Å². The number of aliphatic hydroxyl groups is 1. The van der Waals surface area contributed by atoms with Gasteiger partial charge >= 0.3 is 0 Å². The zero-order valence-electron chi connectivity index (χ0n) is 19.1. The van der Waals surface area contributed by atoms with E-state index in [4.69, 9.17) is 4.74 Å². The lowest BCUT2D eigenvalue weighted by molar-refractivity contribution is -0.192. The zero-order valence-corrected chi connectivity index (χ0v) is 19.9. The van der Waals surface area contributed by atoms with Crippen molar-refractivity contribution in [2.45, 2.75) is 74.1 Å². The van der Waals surface area contributed by atoms with E-state index < -0.39 is 11.0 Å². The SMILES string of the molecule is Cl.O=C(Cc1cc[nH]c1)N[C@H]1CC[C@@]2(O)[C@H]3Cc4ccc(O)c5c4[C@@]2(CCN3CC2CC2)[C@H]1O5. The molecule has 1 aromatic carbocycles. The summed E-state index contributed by atoms with van der Waals surface area (Å²) < 4.78 is 6.50. The van der Waals surface area contributed by atoms with E-state index in [9.17, 15) is 15.0 Å². The highest BCUT2D eigenvalue weighted by Gasteiger charge is 2.73. The van der Waals surface area contributed by atoms with Crippen molar-refractivity contribution in [2.75, 3.05) is 13.1 Å². The lowest BCUT2D eigenvalue weighted by Crippen LogP contribution is -2.78. The van der Waals surface area contributed by atoms with Gasteiger partial charge in [0.1, 0.15) is 6.10 Å². The molecule has 2 bridgehead atoms. The van der Waals surface area contributed by atoms with Gasteiger partial charge in [-0.25, -0.2) is 0 Å². The van der Waals surface area contributed by atoms with Gasteiger partial charge in [0.15, 0.2) is 11.5 Å². The number of aromatic amines is 1. The van der Waals surface area contributed by atoms with Crippen molar-refractivity contribution in [3.63, 3.8) is 0 Å².